The Morgan fingerprint density at radius 1 is 1.45 bits per heavy atom. The number of hydrogen-bond donors (Lipinski definition) is 1. The predicted octanol–water partition coefficient (Wildman–Crippen LogP) is 1.98. The van der Waals surface area contributed by atoms with Crippen LogP contribution in [-0.4, -0.2) is 29.7 Å². The van der Waals surface area contributed by atoms with Crippen molar-refractivity contribution in [1.82, 2.24) is 9.97 Å². The van der Waals surface area contributed by atoms with E-state index in [9.17, 15) is 9.18 Å². The van der Waals surface area contributed by atoms with Gasteiger partial charge in [0.15, 0.2) is 0 Å². The lowest BCUT2D eigenvalue weighted by Gasteiger charge is -2.12. The first-order valence-corrected chi connectivity index (χ1v) is 6.66. The largest absolute Gasteiger partial charge is 0.481 e. The van der Waals surface area contributed by atoms with E-state index >= 15 is 0 Å². The summed E-state index contributed by atoms with van der Waals surface area (Å²) in [4.78, 5) is 19.4. The van der Waals surface area contributed by atoms with Crippen LogP contribution in [0.15, 0.2) is 24.4 Å². The van der Waals surface area contributed by atoms with E-state index in [0.717, 1.165) is 0 Å². The standard InChI is InChI=1S/C15H16FN3O3/c1-3-22-13(20)8-11-9(5-4-6-18-11)14-10(17)7-12(21-2)19-15(14)16/h4-7H,3,8H2,1-2H3,(H2,17,19). The Balaban J connectivity index is 2.47. The third kappa shape index (κ3) is 3.30. The molecule has 2 rings (SSSR count). The van der Waals surface area contributed by atoms with Crippen LogP contribution in [0.25, 0.3) is 11.1 Å². The highest BCUT2D eigenvalue weighted by Crippen LogP contribution is 2.32. The number of rotatable bonds is 5. The molecule has 0 aliphatic carbocycles. The van der Waals surface area contributed by atoms with E-state index in [4.69, 9.17) is 15.2 Å². The highest BCUT2D eigenvalue weighted by molar-refractivity contribution is 5.81. The Morgan fingerprint density at radius 2 is 2.23 bits per heavy atom. The third-order valence-electron chi connectivity index (χ3n) is 2.97. The first kappa shape index (κ1) is 15.7. The molecule has 0 aliphatic heterocycles. The molecule has 0 amide bonds. The number of aromatic nitrogens is 2. The number of pyridine rings is 2. The Morgan fingerprint density at radius 3 is 2.86 bits per heavy atom. The van der Waals surface area contributed by atoms with Crippen LogP contribution in [0, 0.1) is 5.95 Å². The summed E-state index contributed by atoms with van der Waals surface area (Å²) in [6.45, 7) is 1.98. The molecule has 6 nitrogen and oxygen atoms in total. The number of nitrogens with two attached hydrogens (primary N) is 1. The van der Waals surface area contributed by atoms with Gasteiger partial charge >= 0.3 is 5.97 Å². The van der Waals surface area contributed by atoms with Gasteiger partial charge in [0, 0.05) is 23.5 Å². The zero-order chi connectivity index (χ0) is 16.1. The first-order valence-electron chi connectivity index (χ1n) is 6.66. The zero-order valence-electron chi connectivity index (χ0n) is 12.3. The molecule has 0 aliphatic rings. The van der Waals surface area contributed by atoms with Crippen LogP contribution in [0.4, 0.5) is 10.1 Å². The number of ether oxygens (including phenoxy) is 2. The summed E-state index contributed by atoms with van der Waals surface area (Å²) in [6, 6.07) is 4.68. The van der Waals surface area contributed by atoms with Crippen LogP contribution in [0.3, 0.4) is 0 Å². The number of carbonyl (C=O) groups is 1. The van der Waals surface area contributed by atoms with E-state index in [2.05, 4.69) is 9.97 Å². The molecule has 0 bridgehead atoms. The van der Waals surface area contributed by atoms with Gasteiger partial charge in [0.2, 0.25) is 11.8 Å². The minimum Gasteiger partial charge on any atom is -0.481 e. The van der Waals surface area contributed by atoms with Gasteiger partial charge in [-0.3, -0.25) is 9.78 Å². The van der Waals surface area contributed by atoms with Gasteiger partial charge in [-0.15, -0.1) is 0 Å². The number of anilines is 1. The molecule has 22 heavy (non-hydrogen) atoms. The number of esters is 1. The van der Waals surface area contributed by atoms with Gasteiger partial charge in [-0.25, -0.2) is 0 Å². The number of nitrogens with zero attached hydrogens (tertiary/aromatic N) is 2. The summed E-state index contributed by atoms with van der Waals surface area (Å²) in [5.74, 6) is -1.15. The van der Waals surface area contributed by atoms with Gasteiger partial charge in [-0.2, -0.15) is 9.37 Å². The molecule has 0 atom stereocenters. The van der Waals surface area contributed by atoms with E-state index in [0.29, 0.717) is 11.3 Å². The Bertz CT molecular complexity index is 668. The molecule has 0 unspecified atom stereocenters. The number of halogens is 1. The fourth-order valence-corrected chi connectivity index (χ4v) is 2.04. The van der Waals surface area contributed by atoms with Gasteiger partial charge in [0.1, 0.15) is 0 Å². The van der Waals surface area contributed by atoms with E-state index in [1.54, 1.807) is 19.1 Å². The molecule has 0 saturated heterocycles. The molecule has 0 fully saturated rings. The smallest absolute Gasteiger partial charge is 0.311 e. The molecular formula is C15H16FN3O3. The molecule has 0 saturated carbocycles. The SMILES string of the molecule is CCOC(=O)Cc1ncccc1-c1c(N)cc(OC)nc1F. The lowest BCUT2D eigenvalue weighted by atomic mass is 10.0. The summed E-state index contributed by atoms with van der Waals surface area (Å²) >= 11 is 0. The van der Waals surface area contributed by atoms with Crippen LogP contribution in [0.2, 0.25) is 0 Å². The third-order valence-corrected chi connectivity index (χ3v) is 2.97. The van der Waals surface area contributed by atoms with Crippen molar-refractivity contribution in [3.63, 3.8) is 0 Å². The van der Waals surface area contributed by atoms with Crippen molar-refractivity contribution < 1.29 is 18.7 Å². The molecule has 0 aromatic carbocycles. The van der Waals surface area contributed by atoms with Crippen molar-refractivity contribution in [3.05, 3.63) is 36.0 Å². The van der Waals surface area contributed by atoms with Gasteiger partial charge in [-0.1, -0.05) is 6.07 Å². The number of hydrogen-bond acceptors (Lipinski definition) is 6. The predicted molar refractivity (Wildman–Crippen MR) is 78.7 cm³/mol. The van der Waals surface area contributed by atoms with Crippen LogP contribution in [0.1, 0.15) is 12.6 Å². The van der Waals surface area contributed by atoms with Gasteiger partial charge in [0.25, 0.3) is 0 Å². The molecule has 2 heterocycles. The lowest BCUT2D eigenvalue weighted by molar-refractivity contribution is -0.142. The van der Waals surface area contributed by atoms with Crippen molar-refractivity contribution in [2.24, 2.45) is 0 Å². The van der Waals surface area contributed by atoms with Gasteiger partial charge in [-0.05, 0) is 13.0 Å². The monoisotopic (exact) mass is 305 g/mol. The van der Waals surface area contributed by atoms with Crippen LogP contribution in [0.5, 0.6) is 5.88 Å². The van der Waals surface area contributed by atoms with Crippen molar-refractivity contribution in [2.45, 2.75) is 13.3 Å². The Labute approximate surface area is 127 Å². The number of methoxy groups -OCH3 is 1. The fraction of sp³-hybridized carbons (Fsp3) is 0.267. The highest BCUT2D eigenvalue weighted by atomic mass is 19.1. The molecule has 7 heteroatoms. The van der Waals surface area contributed by atoms with Gasteiger partial charge < -0.3 is 15.2 Å². The molecule has 0 spiro atoms. The normalized spacial score (nSPS) is 10.3. The maximum atomic E-state index is 14.2. The van der Waals surface area contributed by atoms with Crippen LogP contribution < -0.4 is 10.5 Å². The molecule has 2 aromatic rings. The van der Waals surface area contributed by atoms with E-state index in [1.807, 2.05) is 0 Å². The second-order valence-corrected chi connectivity index (χ2v) is 4.40. The van der Waals surface area contributed by atoms with Crippen molar-refractivity contribution in [1.29, 1.82) is 0 Å². The van der Waals surface area contributed by atoms with E-state index < -0.39 is 11.9 Å². The van der Waals surface area contributed by atoms with Crippen molar-refractivity contribution in [2.75, 3.05) is 19.5 Å². The van der Waals surface area contributed by atoms with Crippen molar-refractivity contribution >= 4 is 11.7 Å². The summed E-state index contributed by atoms with van der Waals surface area (Å²) in [6.07, 6.45) is 1.44. The molecule has 2 N–H and O–H groups in total. The fourth-order valence-electron chi connectivity index (χ4n) is 2.04. The average molecular weight is 305 g/mol. The van der Waals surface area contributed by atoms with Gasteiger partial charge in [0.05, 0.1) is 31.4 Å². The van der Waals surface area contributed by atoms with Crippen LogP contribution in [-0.2, 0) is 16.0 Å². The summed E-state index contributed by atoms with van der Waals surface area (Å²) in [7, 11) is 1.37. The first-order chi connectivity index (χ1) is 10.6. The molecular weight excluding hydrogens is 289 g/mol. The molecule has 116 valence electrons. The van der Waals surface area contributed by atoms with Crippen molar-refractivity contribution in [3.8, 4) is 17.0 Å². The minimum atomic E-state index is -0.782. The lowest BCUT2D eigenvalue weighted by Crippen LogP contribution is -2.10. The number of nitrogen functional groups attached to an aromatic ring is 1. The second kappa shape index (κ2) is 6.84. The highest BCUT2D eigenvalue weighted by Gasteiger charge is 2.18. The minimum absolute atomic E-state index is 0.0745. The number of carbonyl (C=O) groups excluding carboxylic acids is 1. The molecule has 2 aromatic heterocycles. The second-order valence-electron chi connectivity index (χ2n) is 4.40. The summed E-state index contributed by atoms with van der Waals surface area (Å²) in [5, 5.41) is 0. The Hall–Kier alpha value is -2.70. The quantitative estimate of drug-likeness (QED) is 0.671. The maximum Gasteiger partial charge on any atom is 0.311 e. The summed E-state index contributed by atoms with van der Waals surface area (Å²) < 4.78 is 24.0. The zero-order valence-corrected chi connectivity index (χ0v) is 12.3. The summed E-state index contributed by atoms with van der Waals surface area (Å²) in [5.41, 5.74) is 6.91. The van der Waals surface area contributed by atoms with E-state index in [1.165, 1.54) is 19.4 Å². The Kier molecular flexibility index (Phi) is 4.88. The topological polar surface area (TPSA) is 87.3 Å². The maximum absolute atomic E-state index is 14.2. The van der Waals surface area contributed by atoms with E-state index in [-0.39, 0.29) is 30.2 Å². The average Bonchev–Trinajstić information content (AvgIpc) is 2.48. The van der Waals surface area contributed by atoms with Crippen LogP contribution >= 0.6 is 0 Å². The molecule has 0 radical (unpaired) electrons.